The third-order valence-electron chi connectivity index (χ3n) is 13.3. The Morgan fingerprint density at radius 2 is 1.56 bits per heavy atom. The first-order valence-corrected chi connectivity index (χ1v) is 13.9. The number of fused-ring (bicyclic) bond motifs is 2. The summed E-state index contributed by atoms with van der Waals surface area (Å²) >= 11 is 0. The molecular formula is C30H48O2. The normalized spacial score (nSPS) is 57.7. The molecule has 5 aliphatic carbocycles. The molecule has 2 spiro atoms. The Labute approximate surface area is 197 Å². The smallest absolute Gasteiger partial charge is 0.0761 e. The minimum Gasteiger partial charge on any atom is -0.393 e. The van der Waals surface area contributed by atoms with Crippen LogP contribution in [0.4, 0.5) is 0 Å². The summed E-state index contributed by atoms with van der Waals surface area (Å²) in [6.45, 7) is 15.6. The van der Waals surface area contributed by atoms with Crippen molar-refractivity contribution in [2.24, 2.45) is 50.7 Å². The monoisotopic (exact) mass is 440 g/mol. The van der Waals surface area contributed by atoms with Crippen LogP contribution in [0.5, 0.6) is 0 Å². The van der Waals surface area contributed by atoms with Crippen molar-refractivity contribution < 1.29 is 9.84 Å². The van der Waals surface area contributed by atoms with Gasteiger partial charge in [0.15, 0.2) is 0 Å². The molecule has 1 aliphatic heterocycles. The van der Waals surface area contributed by atoms with Gasteiger partial charge in [-0.2, -0.15) is 0 Å². The van der Waals surface area contributed by atoms with Crippen LogP contribution >= 0.6 is 0 Å². The molecule has 32 heavy (non-hydrogen) atoms. The topological polar surface area (TPSA) is 29.5 Å². The van der Waals surface area contributed by atoms with Crippen molar-refractivity contribution in [1.82, 2.24) is 0 Å². The zero-order chi connectivity index (χ0) is 22.7. The van der Waals surface area contributed by atoms with Crippen LogP contribution in [0.1, 0.15) is 106 Å². The minimum atomic E-state index is -0.0938. The van der Waals surface area contributed by atoms with Crippen LogP contribution in [0.15, 0.2) is 11.6 Å². The second-order valence-electron chi connectivity index (χ2n) is 14.6. The maximum Gasteiger partial charge on any atom is 0.0761 e. The Hall–Kier alpha value is -0.340. The van der Waals surface area contributed by atoms with Crippen LogP contribution in [-0.4, -0.2) is 23.9 Å². The second-order valence-corrected chi connectivity index (χ2v) is 14.6. The van der Waals surface area contributed by atoms with Crippen LogP contribution in [0.25, 0.3) is 0 Å². The summed E-state index contributed by atoms with van der Waals surface area (Å²) in [5, 5.41) is 10.9. The molecule has 0 unspecified atom stereocenters. The number of ether oxygens (including phenoxy) is 1. The van der Waals surface area contributed by atoms with E-state index in [1.54, 1.807) is 0 Å². The van der Waals surface area contributed by atoms with E-state index in [1.165, 1.54) is 63.4 Å². The second kappa shape index (κ2) is 6.66. The molecule has 180 valence electrons. The van der Waals surface area contributed by atoms with Crippen LogP contribution in [0.2, 0.25) is 0 Å². The quantitative estimate of drug-likeness (QED) is 0.462. The number of aliphatic hydroxyl groups is 1. The molecule has 0 aromatic rings. The highest BCUT2D eigenvalue weighted by molar-refractivity contribution is 5.30. The third-order valence-corrected chi connectivity index (χ3v) is 13.3. The van der Waals surface area contributed by atoms with E-state index in [4.69, 9.17) is 4.74 Å². The van der Waals surface area contributed by atoms with Gasteiger partial charge in [0, 0.05) is 0 Å². The molecule has 1 N–H and O–H groups in total. The number of hydrogen-bond donors (Lipinski definition) is 1. The van der Waals surface area contributed by atoms with Gasteiger partial charge in [-0.1, -0.05) is 39.3 Å². The Kier molecular flexibility index (Phi) is 4.61. The molecule has 0 aromatic heterocycles. The number of hydrogen-bond acceptors (Lipinski definition) is 2. The van der Waals surface area contributed by atoms with Gasteiger partial charge < -0.3 is 9.84 Å². The largest absolute Gasteiger partial charge is 0.393 e. The predicted octanol–water partition coefficient (Wildman–Crippen LogP) is 7.16. The summed E-state index contributed by atoms with van der Waals surface area (Å²) in [5.74, 6) is 3.26. The highest BCUT2D eigenvalue weighted by atomic mass is 16.5. The molecule has 0 bridgehead atoms. The maximum atomic E-state index is 10.9. The van der Waals surface area contributed by atoms with Gasteiger partial charge >= 0.3 is 0 Å². The fraction of sp³-hybridized carbons (Fsp3) is 0.933. The molecule has 2 nitrogen and oxygen atoms in total. The van der Waals surface area contributed by atoms with E-state index < -0.39 is 0 Å². The van der Waals surface area contributed by atoms with E-state index in [-0.39, 0.29) is 11.5 Å². The fourth-order valence-corrected chi connectivity index (χ4v) is 11.6. The summed E-state index contributed by atoms with van der Waals surface area (Å²) in [4.78, 5) is 0. The molecule has 6 rings (SSSR count). The molecule has 6 fully saturated rings. The zero-order valence-corrected chi connectivity index (χ0v) is 21.7. The first-order chi connectivity index (χ1) is 15.0. The van der Waals surface area contributed by atoms with Crippen molar-refractivity contribution in [1.29, 1.82) is 0 Å². The van der Waals surface area contributed by atoms with E-state index in [9.17, 15) is 5.11 Å². The van der Waals surface area contributed by atoms with Gasteiger partial charge in [0.2, 0.25) is 0 Å². The SMILES string of the molecule is CC(C)=C[C@@H]1C[C@H]([C@H]2CC[C@@]3(C)[C@@H]4CC[C@@H]5C(C)(C)[C@H](O)CC[C@@]56C[C@@]46CC[C@]23C)CO1. The molecule has 10 atom stereocenters. The number of aliphatic hydroxyl groups excluding tert-OH is 1. The van der Waals surface area contributed by atoms with E-state index in [0.29, 0.717) is 27.8 Å². The molecule has 0 radical (unpaired) electrons. The third kappa shape index (κ3) is 2.50. The summed E-state index contributed by atoms with van der Waals surface area (Å²) in [5.41, 5.74) is 3.65. The van der Waals surface area contributed by atoms with Crippen LogP contribution in [0, 0.1) is 50.7 Å². The van der Waals surface area contributed by atoms with Gasteiger partial charge in [-0.25, -0.2) is 0 Å². The number of rotatable bonds is 2. The highest BCUT2D eigenvalue weighted by Crippen LogP contribution is 2.89. The van der Waals surface area contributed by atoms with Crippen LogP contribution in [0.3, 0.4) is 0 Å². The Morgan fingerprint density at radius 1 is 0.844 bits per heavy atom. The lowest BCUT2D eigenvalue weighted by Gasteiger charge is -2.63. The zero-order valence-electron chi connectivity index (χ0n) is 21.7. The summed E-state index contributed by atoms with van der Waals surface area (Å²) < 4.78 is 6.28. The van der Waals surface area contributed by atoms with E-state index in [2.05, 4.69) is 47.6 Å². The van der Waals surface area contributed by atoms with Gasteiger partial charge in [-0.3, -0.25) is 0 Å². The summed E-state index contributed by atoms with van der Waals surface area (Å²) in [6, 6.07) is 0. The fourth-order valence-electron chi connectivity index (χ4n) is 11.6. The van der Waals surface area contributed by atoms with Gasteiger partial charge in [-0.05, 0) is 129 Å². The minimum absolute atomic E-state index is 0.0938. The first-order valence-electron chi connectivity index (χ1n) is 13.9. The van der Waals surface area contributed by atoms with E-state index in [0.717, 1.165) is 36.7 Å². The van der Waals surface area contributed by atoms with Gasteiger partial charge in [0.05, 0.1) is 18.8 Å². The van der Waals surface area contributed by atoms with Crippen LogP contribution < -0.4 is 0 Å². The first kappa shape index (κ1) is 22.1. The summed E-state index contributed by atoms with van der Waals surface area (Å²) in [6.07, 6.45) is 16.2. The predicted molar refractivity (Wildman–Crippen MR) is 130 cm³/mol. The molecule has 0 aromatic carbocycles. The number of allylic oxidation sites excluding steroid dienone is 1. The Bertz CT molecular complexity index is 825. The van der Waals surface area contributed by atoms with Crippen molar-refractivity contribution in [2.75, 3.05) is 6.61 Å². The molecule has 6 aliphatic rings. The van der Waals surface area contributed by atoms with Gasteiger partial charge in [-0.15, -0.1) is 0 Å². The van der Waals surface area contributed by atoms with E-state index >= 15 is 0 Å². The highest BCUT2D eigenvalue weighted by Gasteiger charge is 2.82. The average molecular weight is 441 g/mol. The van der Waals surface area contributed by atoms with Crippen molar-refractivity contribution in [3.63, 3.8) is 0 Å². The Balaban J connectivity index is 1.28. The summed E-state index contributed by atoms with van der Waals surface area (Å²) in [7, 11) is 0. The standard InChI is InChI=1S/C30H48O2/c1-19(2)15-21-16-20(17-32-21)22-9-11-28(6)24-8-7-23-26(3,4)25(31)10-12-29(23)18-30(24,29)14-13-27(22,28)5/h15,20-25,31H,7-14,16-18H2,1-6H3/t20-,21+,22+,23+,24-,25+,27+,28-,29+,30-/m0/s1. The lowest BCUT2D eigenvalue weighted by atomic mass is 9.41. The van der Waals surface area contributed by atoms with E-state index in [1.807, 2.05) is 0 Å². The Morgan fingerprint density at radius 3 is 2.31 bits per heavy atom. The lowest BCUT2D eigenvalue weighted by molar-refractivity contribution is -0.161. The van der Waals surface area contributed by atoms with Crippen LogP contribution in [-0.2, 0) is 4.74 Å². The van der Waals surface area contributed by atoms with Crippen molar-refractivity contribution in [3.8, 4) is 0 Å². The molecule has 1 heterocycles. The lowest BCUT2D eigenvalue weighted by Crippen LogP contribution is -2.57. The molecule has 0 amide bonds. The van der Waals surface area contributed by atoms with Gasteiger partial charge in [0.25, 0.3) is 0 Å². The molecule has 1 saturated heterocycles. The average Bonchev–Trinajstić information content (AvgIpc) is 3.02. The maximum absolute atomic E-state index is 10.9. The molecular weight excluding hydrogens is 392 g/mol. The molecule has 5 saturated carbocycles. The van der Waals surface area contributed by atoms with Gasteiger partial charge in [0.1, 0.15) is 0 Å². The van der Waals surface area contributed by atoms with Crippen molar-refractivity contribution >= 4 is 0 Å². The van der Waals surface area contributed by atoms with Crippen molar-refractivity contribution in [2.45, 2.75) is 118 Å². The van der Waals surface area contributed by atoms with Crippen molar-refractivity contribution in [3.05, 3.63) is 11.6 Å². The molecule has 2 heteroatoms.